The maximum absolute atomic E-state index is 6.01. The van der Waals surface area contributed by atoms with Gasteiger partial charge in [0, 0.05) is 24.2 Å². The lowest BCUT2D eigenvalue weighted by Crippen LogP contribution is -2.29. The first kappa shape index (κ1) is 15.9. The van der Waals surface area contributed by atoms with E-state index < -0.39 is 0 Å². The SMILES string of the molecule is Cl.N[C@H]1CCN(CCOc2ccc(Cl)cc2Cl)C1. The summed E-state index contributed by atoms with van der Waals surface area (Å²) in [5.74, 6) is 0.680. The van der Waals surface area contributed by atoms with Gasteiger partial charge < -0.3 is 10.5 Å². The van der Waals surface area contributed by atoms with Crippen LogP contribution in [0.2, 0.25) is 10.0 Å². The molecule has 0 radical (unpaired) electrons. The lowest BCUT2D eigenvalue weighted by Gasteiger charge is -2.15. The lowest BCUT2D eigenvalue weighted by molar-refractivity contribution is 0.236. The Kier molecular flexibility index (Phi) is 6.53. The first-order valence-electron chi connectivity index (χ1n) is 5.71. The zero-order valence-corrected chi connectivity index (χ0v) is 12.3. The molecule has 1 fully saturated rings. The van der Waals surface area contributed by atoms with Gasteiger partial charge in [-0.1, -0.05) is 23.2 Å². The van der Waals surface area contributed by atoms with Crippen LogP contribution in [-0.2, 0) is 0 Å². The molecule has 1 aliphatic heterocycles. The quantitative estimate of drug-likeness (QED) is 0.929. The summed E-state index contributed by atoms with van der Waals surface area (Å²) >= 11 is 11.8. The van der Waals surface area contributed by atoms with Crippen LogP contribution >= 0.6 is 35.6 Å². The van der Waals surface area contributed by atoms with Crippen molar-refractivity contribution in [3.63, 3.8) is 0 Å². The summed E-state index contributed by atoms with van der Waals surface area (Å²) in [6, 6.07) is 5.56. The molecule has 0 spiro atoms. The fourth-order valence-electron chi connectivity index (χ4n) is 1.94. The molecule has 6 heteroatoms. The average Bonchev–Trinajstić information content (AvgIpc) is 2.68. The van der Waals surface area contributed by atoms with Crippen LogP contribution in [0, 0.1) is 0 Å². The van der Waals surface area contributed by atoms with Crippen LogP contribution in [0.5, 0.6) is 5.75 Å². The number of nitrogens with two attached hydrogens (primary N) is 1. The van der Waals surface area contributed by atoms with Crippen molar-refractivity contribution in [1.29, 1.82) is 0 Å². The number of hydrogen-bond acceptors (Lipinski definition) is 3. The van der Waals surface area contributed by atoms with E-state index in [0.717, 1.165) is 26.1 Å². The van der Waals surface area contributed by atoms with Gasteiger partial charge in [-0.25, -0.2) is 0 Å². The Morgan fingerprint density at radius 3 is 2.78 bits per heavy atom. The highest BCUT2D eigenvalue weighted by Crippen LogP contribution is 2.27. The number of ether oxygens (including phenoxy) is 1. The Bertz CT molecular complexity index is 390. The third-order valence-electron chi connectivity index (χ3n) is 2.87. The molecular formula is C12H17Cl3N2O. The zero-order valence-electron chi connectivity index (χ0n) is 9.94. The molecule has 1 saturated heterocycles. The number of benzene rings is 1. The molecule has 1 atom stereocenters. The van der Waals surface area contributed by atoms with Gasteiger partial charge in [-0.3, -0.25) is 4.90 Å². The van der Waals surface area contributed by atoms with Crippen LogP contribution in [0.4, 0.5) is 0 Å². The molecule has 0 bridgehead atoms. The van der Waals surface area contributed by atoms with E-state index in [4.69, 9.17) is 33.7 Å². The van der Waals surface area contributed by atoms with Crippen molar-refractivity contribution in [2.75, 3.05) is 26.2 Å². The van der Waals surface area contributed by atoms with Gasteiger partial charge in [0.15, 0.2) is 0 Å². The van der Waals surface area contributed by atoms with E-state index in [1.165, 1.54) is 0 Å². The normalized spacial score (nSPS) is 19.6. The van der Waals surface area contributed by atoms with E-state index in [1.54, 1.807) is 18.2 Å². The monoisotopic (exact) mass is 310 g/mol. The van der Waals surface area contributed by atoms with Crippen molar-refractivity contribution in [3.8, 4) is 5.75 Å². The van der Waals surface area contributed by atoms with E-state index in [2.05, 4.69) is 4.90 Å². The third-order valence-corrected chi connectivity index (χ3v) is 3.40. The molecule has 2 rings (SSSR count). The molecule has 1 aromatic rings. The van der Waals surface area contributed by atoms with Crippen LogP contribution < -0.4 is 10.5 Å². The van der Waals surface area contributed by atoms with E-state index in [0.29, 0.717) is 28.4 Å². The lowest BCUT2D eigenvalue weighted by atomic mass is 10.3. The maximum atomic E-state index is 6.01. The van der Waals surface area contributed by atoms with Crippen molar-refractivity contribution in [1.82, 2.24) is 4.90 Å². The van der Waals surface area contributed by atoms with Gasteiger partial charge in [-0.2, -0.15) is 0 Å². The van der Waals surface area contributed by atoms with Crippen molar-refractivity contribution < 1.29 is 4.74 Å². The molecule has 1 heterocycles. The second kappa shape index (κ2) is 7.41. The Morgan fingerprint density at radius 2 is 2.17 bits per heavy atom. The highest BCUT2D eigenvalue weighted by molar-refractivity contribution is 6.35. The smallest absolute Gasteiger partial charge is 0.138 e. The number of hydrogen-bond donors (Lipinski definition) is 1. The first-order valence-corrected chi connectivity index (χ1v) is 6.46. The van der Waals surface area contributed by atoms with Gasteiger partial charge in [0.2, 0.25) is 0 Å². The van der Waals surface area contributed by atoms with E-state index >= 15 is 0 Å². The first-order chi connectivity index (χ1) is 8.15. The minimum absolute atomic E-state index is 0. The Hall–Kier alpha value is -0.190. The van der Waals surface area contributed by atoms with Crippen molar-refractivity contribution in [2.24, 2.45) is 5.73 Å². The minimum Gasteiger partial charge on any atom is -0.491 e. The van der Waals surface area contributed by atoms with Crippen molar-refractivity contribution in [2.45, 2.75) is 12.5 Å². The predicted octanol–water partition coefficient (Wildman–Crippen LogP) is 2.83. The molecule has 0 saturated carbocycles. The number of rotatable bonds is 4. The van der Waals surface area contributed by atoms with Gasteiger partial charge in [0.05, 0.1) is 5.02 Å². The van der Waals surface area contributed by atoms with Gasteiger partial charge in [0.25, 0.3) is 0 Å². The average molecular weight is 312 g/mol. The molecule has 0 aromatic heterocycles. The summed E-state index contributed by atoms with van der Waals surface area (Å²) in [5, 5.41) is 1.17. The van der Waals surface area contributed by atoms with Crippen LogP contribution in [0.3, 0.4) is 0 Å². The highest BCUT2D eigenvalue weighted by atomic mass is 35.5. The van der Waals surface area contributed by atoms with E-state index in [9.17, 15) is 0 Å². The van der Waals surface area contributed by atoms with E-state index in [-0.39, 0.29) is 12.4 Å². The standard InChI is InChI=1S/C12H16Cl2N2O.ClH/c13-9-1-2-12(11(14)7-9)17-6-5-16-4-3-10(15)8-16;/h1-2,7,10H,3-6,8,15H2;1H/t10-;/m0./s1. The Morgan fingerprint density at radius 1 is 1.39 bits per heavy atom. The summed E-state index contributed by atoms with van der Waals surface area (Å²) in [7, 11) is 0. The van der Waals surface area contributed by atoms with E-state index in [1.807, 2.05) is 0 Å². The molecule has 1 aromatic carbocycles. The number of nitrogens with zero attached hydrogens (tertiary/aromatic N) is 1. The second-order valence-corrected chi connectivity index (χ2v) is 5.12. The molecule has 1 aliphatic rings. The Balaban J connectivity index is 0.00000162. The van der Waals surface area contributed by atoms with Crippen LogP contribution in [0.25, 0.3) is 0 Å². The summed E-state index contributed by atoms with van der Waals surface area (Å²) in [6.45, 7) is 3.51. The largest absolute Gasteiger partial charge is 0.491 e. The third kappa shape index (κ3) is 4.48. The highest BCUT2D eigenvalue weighted by Gasteiger charge is 2.18. The molecule has 18 heavy (non-hydrogen) atoms. The topological polar surface area (TPSA) is 38.5 Å². The van der Waals surface area contributed by atoms with Crippen LogP contribution in [0.1, 0.15) is 6.42 Å². The summed E-state index contributed by atoms with van der Waals surface area (Å²) in [6.07, 6.45) is 1.07. The second-order valence-electron chi connectivity index (χ2n) is 4.27. The van der Waals surface area contributed by atoms with Gasteiger partial charge in [0.1, 0.15) is 12.4 Å². The van der Waals surface area contributed by atoms with Gasteiger partial charge in [-0.05, 0) is 31.2 Å². The molecular weight excluding hydrogens is 295 g/mol. The van der Waals surface area contributed by atoms with Crippen LogP contribution in [-0.4, -0.2) is 37.2 Å². The molecule has 3 nitrogen and oxygen atoms in total. The molecule has 0 amide bonds. The van der Waals surface area contributed by atoms with Gasteiger partial charge >= 0.3 is 0 Å². The van der Waals surface area contributed by atoms with Gasteiger partial charge in [-0.15, -0.1) is 12.4 Å². The molecule has 0 unspecified atom stereocenters. The maximum Gasteiger partial charge on any atom is 0.138 e. The van der Waals surface area contributed by atoms with Crippen molar-refractivity contribution >= 4 is 35.6 Å². The van der Waals surface area contributed by atoms with Crippen molar-refractivity contribution in [3.05, 3.63) is 28.2 Å². The number of likely N-dealkylation sites (tertiary alicyclic amines) is 1. The summed E-state index contributed by atoms with van der Waals surface area (Å²) < 4.78 is 5.62. The summed E-state index contributed by atoms with van der Waals surface area (Å²) in [5.41, 5.74) is 5.83. The minimum atomic E-state index is 0. The fourth-order valence-corrected chi connectivity index (χ4v) is 2.41. The molecule has 2 N–H and O–H groups in total. The molecule has 0 aliphatic carbocycles. The predicted molar refractivity (Wildman–Crippen MR) is 78.2 cm³/mol. The molecule has 102 valence electrons. The van der Waals surface area contributed by atoms with Crippen LogP contribution in [0.15, 0.2) is 18.2 Å². The fraction of sp³-hybridized carbons (Fsp3) is 0.500. The summed E-state index contributed by atoms with van der Waals surface area (Å²) in [4.78, 5) is 2.30. The zero-order chi connectivity index (χ0) is 12.3. The number of halogens is 3. The Labute approximate surface area is 124 Å².